The van der Waals surface area contributed by atoms with E-state index in [2.05, 4.69) is 47.8 Å². The highest BCUT2D eigenvalue weighted by Gasteiger charge is 2.19. The molecule has 1 N–H and O–H groups in total. The van der Waals surface area contributed by atoms with Crippen LogP contribution in [0.25, 0.3) is 11.1 Å². The average molecular weight is 263 g/mol. The van der Waals surface area contributed by atoms with Crippen molar-refractivity contribution in [2.24, 2.45) is 0 Å². The van der Waals surface area contributed by atoms with Crippen molar-refractivity contribution in [2.45, 2.75) is 44.7 Å². The summed E-state index contributed by atoms with van der Waals surface area (Å²) in [5.41, 5.74) is 7.21. The maximum Gasteiger partial charge on any atom is 0.0208 e. The van der Waals surface area contributed by atoms with Crippen molar-refractivity contribution in [3.8, 4) is 11.1 Å². The number of benzene rings is 2. The van der Waals surface area contributed by atoms with Crippen LogP contribution in [0.1, 0.15) is 36.0 Å². The van der Waals surface area contributed by atoms with Crippen LogP contribution in [0, 0.1) is 0 Å². The third-order valence-electron chi connectivity index (χ3n) is 4.56. The fourth-order valence-electron chi connectivity index (χ4n) is 3.12. The molecule has 0 aliphatic heterocycles. The van der Waals surface area contributed by atoms with E-state index in [-0.39, 0.29) is 0 Å². The topological polar surface area (TPSA) is 12.0 Å². The Morgan fingerprint density at radius 2 is 1.60 bits per heavy atom. The van der Waals surface area contributed by atoms with Gasteiger partial charge in [-0.05, 0) is 59.9 Å². The molecule has 1 saturated carbocycles. The summed E-state index contributed by atoms with van der Waals surface area (Å²) in [5, 5.41) is 3.57. The van der Waals surface area contributed by atoms with Gasteiger partial charge in [0.15, 0.2) is 0 Å². The van der Waals surface area contributed by atoms with E-state index in [1.165, 1.54) is 48.8 Å². The van der Waals surface area contributed by atoms with Crippen molar-refractivity contribution in [1.82, 2.24) is 5.32 Å². The van der Waals surface area contributed by atoms with Crippen LogP contribution in [0.4, 0.5) is 0 Å². The Labute approximate surface area is 121 Å². The average Bonchev–Trinajstić information content (AvgIpc) is 3.21. The first-order chi connectivity index (χ1) is 9.88. The van der Waals surface area contributed by atoms with E-state index >= 15 is 0 Å². The van der Waals surface area contributed by atoms with E-state index in [0.717, 1.165) is 12.6 Å². The minimum absolute atomic E-state index is 0.784. The molecule has 0 atom stereocenters. The van der Waals surface area contributed by atoms with Gasteiger partial charge in [0.25, 0.3) is 0 Å². The summed E-state index contributed by atoms with van der Waals surface area (Å²) < 4.78 is 0. The van der Waals surface area contributed by atoms with E-state index in [0.29, 0.717) is 0 Å². The number of hydrogen-bond acceptors (Lipinski definition) is 1. The Bertz CT molecular complexity index is 608. The summed E-state index contributed by atoms with van der Waals surface area (Å²) >= 11 is 0. The number of nitrogens with one attached hydrogen (secondary N) is 1. The molecule has 2 aromatic carbocycles. The lowest BCUT2D eigenvalue weighted by Gasteiger charge is -2.07. The van der Waals surface area contributed by atoms with Crippen molar-refractivity contribution >= 4 is 0 Å². The molecular weight excluding hydrogens is 242 g/mol. The molecule has 20 heavy (non-hydrogen) atoms. The van der Waals surface area contributed by atoms with Crippen molar-refractivity contribution < 1.29 is 0 Å². The molecule has 1 nitrogen and oxygen atoms in total. The second-order valence-electron chi connectivity index (χ2n) is 6.19. The third-order valence-corrected chi connectivity index (χ3v) is 4.56. The molecule has 102 valence electrons. The van der Waals surface area contributed by atoms with Gasteiger partial charge in [0.05, 0.1) is 0 Å². The lowest BCUT2D eigenvalue weighted by molar-refractivity contribution is 0.688. The summed E-state index contributed by atoms with van der Waals surface area (Å²) in [6, 6.07) is 16.8. The Kier molecular flexibility index (Phi) is 3.08. The van der Waals surface area contributed by atoms with Crippen LogP contribution in [0.5, 0.6) is 0 Å². The Morgan fingerprint density at radius 1 is 0.850 bits per heavy atom. The second-order valence-corrected chi connectivity index (χ2v) is 6.19. The molecule has 2 aliphatic rings. The van der Waals surface area contributed by atoms with Crippen molar-refractivity contribution in [2.75, 3.05) is 0 Å². The Hall–Kier alpha value is -1.60. The van der Waals surface area contributed by atoms with E-state index in [1.54, 1.807) is 11.1 Å². The van der Waals surface area contributed by atoms with E-state index in [9.17, 15) is 0 Å². The molecule has 2 aliphatic carbocycles. The summed E-state index contributed by atoms with van der Waals surface area (Å²) in [4.78, 5) is 0. The van der Waals surface area contributed by atoms with Gasteiger partial charge in [0, 0.05) is 12.6 Å². The first kappa shape index (κ1) is 12.2. The zero-order chi connectivity index (χ0) is 13.4. The Morgan fingerprint density at radius 3 is 2.40 bits per heavy atom. The third kappa shape index (κ3) is 2.51. The Balaban J connectivity index is 1.52. The van der Waals surface area contributed by atoms with Crippen LogP contribution in [0.15, 0.2) is 42.5 Å². The van der Waals surface area contributed by atoms with E-state index in [4.69, 9.17) is 0 Å². The maximum absolute atomic E-state index is 3.57. The van der Waals surface area contributed by atoms with Gasteiger partial charge in [-0.2, -0.15) is 0 Å². The highest BCUT2D eigenvalue weighted by molar-refractivity contribution is 5.65. The molecule has 0 heterocycles. The van der Waals surface area contributed by atoms with E-state index < -0.39 is 0 Å². The fraction of sp³-hybridized carbons (Fsp3) is 0.368. The lowest BCUT2D eigenvalue weighted by Crippen LogP contribution is -2.14. The monoisotopic (exact) mass is 263 g/mol. The molecule has 4 rings (SSSR count). The smallest absolute Gasteiger partial charge is 0.0208 e. The molecular formula is C19H21N. The minimum Gasteiger partial charge on any atom is -0.310 e. The van der Waals surface area contributed by atoms with Gasteiger partial charge in [-0.15, -0.1) is 0 Å². The van der Waals surface area contributed by atoms with Gasteiger partial charge in [0.2, 0.25) is 0 Å². The number of aryl methyl sites for hydroxylation is 2. The molecule has 0 bridgehead atoms. The summed E-state index contributed by atoms with van der Waals surface area (Å²) in [6.45, 7) is 1.01. The van der Waals surface area contributed by atoms with Gasteiger partial charge < -0.3 is 5.32 Å². The molecule has 0 aromatic heterocycles. The van der Waals surface area contributed by atoms with Gasteiger partial charge in [0.1, 0.15) is 0 Å². The quantitative estimate of drug-likeness (QED) is 0.876. The SMILES string of the molecule is c1cc(-c2ccc3c(c2)CCC3)ccc1CNC1CC1. The molecule has 1 heteroatoms. The predicted molar refractivity (Wildman–Crippen MR) is 83.8 cm³/mol. The number of fused-ring (bicyclic) bond motifs is 1. The molecule has 2 aromatic rings. The van der Waals surface area contributed by atoms with Crippen LogP contribution in [-0.2, 0) is 19.4 Å². The lowest BCUT2D eigenvalue weighted by atomic mass is 9.99. The van der Waals surface area contributed by atoms with Crippen LogP contribution < -0.4 is 5.32 Å². The van der Waals surface area contributed by atoms with Crippen LogP contribution in [0.2, 0.25) is 0 Å². The van der Waals surface area contributed by atoms with Gasteiger partial charge in [-0.25, -0.2) is 0 Å². The van der Waals surface area contributed by atoms with Crippen molar-refractivity contribution in [3.05, 3.63) is 59.2 Å². The van der Waals surface area contributed by atoms with Gasteiger partial charge in [-0.3, -0.25) is 0 Å². The van der Waals surface area contributed by atoms with Crippen molar-refractivity contribution in [1.29, 1.82) is 0 Å². The molecule has 0 saturated heterocycles. The molecule has 1 fully saturated rings. The number of hydrogen-bond donors (Lipinski definition) is 1. The summed E-state index contributed by atoms with van der Waals surface area (Å²) in [7, 11) is 0. The van der Waals surface area contributed by atoms with Gasteiger partial charge >= 0.3 is 0 Å². The van der Waals surface area contributed by atoms with Gasteiger partial charge in [-0.1, -0.05) is 42.5 Å². The highest BCUT2D eigenvalue weighted by atomic mass is 14.9. The largest absolute Gasteiger partial charge is 0.310 e. The first-order valence-electron chi connectivity index (χ1n) is 7.83. The number of rotatable bonds is 4. The first-order valence-corrected chi connectivity index (χ1v) is 7.83. The molecule has 0 radical (unpaired) electrons. The zero-order valence-corrected chi connectivity index (χ0v) is 11.9. The maximum atomic E-state index is 3.57. The van der Waals surface area contributed by atoms with Crippen LogP contribution >= 0.6 is 0 Å². The fourth-order valence-corrected chi connectivity index (χ4v) is 3.12. The van der Waals surface area contributed by atoms with Crippen molar-refractivity contribution in [3.63, 3.8) is 0 Å². The molecule has 0 spiro atoms. The van der Waals surface area contributed by atoms with E-state index in [1.807, 2.05) is 0 Å². The highest BCUT2D eigenvalue weighted by Crippen LogP contribution is 2.28. The second kappa shape index (κ2) is 5.06. The summed E-state index contributed by atoms with van der Waals surface area (Å²) in [5.74, 6) is 0. The zero-order valence-electron chi connectivity index (χ0n) is 11.9. The summed E-state index contributed by atoms with van der Waals surface area (Å²) in [6.07, 6.45) is 6.55. The van der Waals surface area contributed by atoms with Crippen LogP contribution in [0.3, 0.4) is 0 Å². The minimum atomic E-state index is 0.784. The standard InChI is InChI=1S/C19H21N/c1-2-15-8-9-18(12-17(15)3-1)16-6-4-14(5-7-16)13-20-19-10-11-19/h4-9,12,19-20H,1-3,10-11,13H2. The molecule has 0 amide bonds. The predicted octanol–water partition coefficient (Wildman–Crippen LogP) is 4.09. The van der Waals surface area contributed by atoms with Crippen LogP contribution in [-0.4, -0.2) is 6.04 Å². The molecule has 0 unspecified atom stereocenters. The normalized spacial score (nSPS) is 17.2.